The van der Waals surface area contributed by atoms with Crippen molar-refractivity contribution in [3.05, 3.63) is 36.5 Å². The molecule has 0 aromatic heterocycles. The van der Waals surface area contributed by atoms with E-state index in [1.54, 1.807) is 0 Å². The van der Waals surface area contributed by atoms with Crippen molar-refractivity contribution in [3.63, 3.8) is 0 Å². The van der Waals surface area contributed by atoms with E-state index in [0.717, 1.165) is 51.4 Å². The number of amides is 1. The van der Waals surface area contributed by atoms with Crippen LogP contribution in [0.1, 0.15) is 348 Å². The third kappa shape index (κ3) is 57.4. The number of esters is 1. The van der Waals surface area contributed by atoms with Crippen LogP contribution in [0, 0.1) is 0 Å². The highest BCUT2D eigenvalue weighted by Gasteiger charge is 2.20. The van der Waals surface area contributed by atoms with Crippen molar-refractivity contribution in [2.75, 3.05) is 13.2 Å². The third-order valence-corrected chi connectivity index (χ3v) is 14.9. The van der Waals surface area contributed by atoms with E-state index in [-0.39, 0.29) is 18.5 Å². The van der Waals surface area contributed by atoms with Crippen LogP contribution in [-0.4, -0.2) is 47.4 Å². The Hall–Kier alpha value is -1.92. The van der Waals surface area contributed by atoms with Gasteiger partial charge in [0.1, 0.15) is 0 Å². The highest BCUT2D eigenvalue weighted by atomic mass is 16.5. The summed E-state index contributed by atoms with van der Waals surface area (Å²) >= 11 is 0. The summed E-state index contributed by atoms with van der Waals surface area (Å²) in [7, 11) is 0. The van der Waals surface area contributed by atoms with Crippen LogP contribution in [-0.2, 0) is 14.3 Å². The zero-order valence-electron chi connectivity index (χ0n) is 48.4. The lowest BCUT2D eigenvalue weighted by molar-refractivity contribution is -0.143. The van der Waals surface area contributed by atoms with Crippen molar-refractivity contribution in [1.82, 2.24) is 5.32 Å². The second kappa shape index (κ2) is 61.6. The van der Waals surface area contributed by atoms with E-state index in [1.807, 2.05) is 0 Å². The van der Waals surface area contributed by atoms with Gasteiger partial charge in [0.15, 0.2) is 0 Å². The molecular formula is C66H125NO5. The van der Waals surface area contributed by atoms with Gasteiger partial charge in [0.2, 0.25) is 5.91 Å². The molecule has 2 atom stereocenters. The Kier molecular flexibility index (Phi) is 60.0. The molecule has 0 aliphatic carbocycles. The lowest BCUT2D eigenvalue weighted by atomic mass is 10.0. The van der Waals surface area contributed by atoms with E-state index in [0.29, 0.717) is 25.9 Å². The van der Waals surface area contributed by atoms with Gasteiger partial charge >= 0.3 is 5.97 Å². The van der Waals surface area contributed by atoms with Crippen LogP contribution in [0.4, 0.5) is 0 Å². The van der Waals surface area contributed by atoms with Crippen LogP contribution in [0.5, 0.6) is 0 Å². The van der Waals surface area contributed by atoms with Gasteiger partial charge < -0.3 is 20.3 Å². The van der Waals surface area contributed by atoms with Gasteiger partial charge in [0.05, 0.1) is 25.4 Å². The number of nitrogens with one attached hydrogen (secondary N) is 1. The Morgan fingerprint density at radius 2 is 0.694 bits per heavy atom. The lowest BCUT2D eigenvalue weighted by Crippen LogP contribution is -2.45. The van der Waals surface area contributed by atoms with Crippen LogP contribution in [0.15, 0.2) is 36.5 Å². The van der Waals surface area contributed by atoms with Crippen molar-refractivity contribution in [3.8, 4) is 0 Å². The number of carbonyl (C=O) groups is 2. The summed E-state index contributed by atoms with van der Waals surface area (Å²) in [6.45, 7) is 4.92. The molecule has 0 aromatic carbocycles. The molecule has 424 valence electrons. The number of aliphatic hydroxyl groups is 2. The second-order valence-corrected chi connectivity index (χ2v) is 22.1. The highest BCUT2D eigenvalue weighted by molar-refractivity contribution is 5.76. The molecule has 0 saturated heterocycles. The summed E-state index contributed by atoms with van der Waals surface area (Å²) in [5.41, 5.74) is 0. The summed E-state index contributed by atoms with van der Waals surface area (Å²) in [5, 5.41) is 23.1. The van der Waals surface area contributed by atoms with Gasteiger partial charge in [0, 0.05) is 12.8 Å². The zero-order valence-corrected chi connectivity index (χ0v) is 48.4. The molecule has 0 rings (SSSR count). The number of carbonyl (C=O) groups excluding carboxylic acids is 2. The molecule has 0 radical (unpaired) electrons. The van der Waals surface area contributed by atoms with Crippen LogP contribution in [0.25, 0.3) is 0 Å². The highest BCUT2D eigenvalue weighted by Crippen LogP contribution is 2.17. The Bertz CT molecular complexity index is 1170. The maximum Gasteiger partial charge on any atom is 0.305 e. The van der Waals surface area contributed by atoms with E-state index in [9.17, 15) is 19.8 Å². The summed E-state index contributed by atoms with van der Waals surface area (Å²) in [6, 6.07) is -0.539. The zero-order chi connectivity index (χ0) is 52.2. The second-order valence-electron chi connectivity index (χ2n) is 22.1. The number of ether oxygens (including phenoxy) is 1. The summed E-state index contributed by atoms with van der Waals surface area (Å²) in [6.07, 6.45) is 77.5. The predicted octanol–water partition coefficient (Wildman–Crippen LogP) is 20.4. The minimum Gasteiger partial charge on any atom is -0.466 e. The average molecular weight is 1010 g/mol. The standard InChI is InChI=1S/C66H125NO5/c1-3-5-7-9-11-13-14-15-16-30-34-37-40-44-48-52-56-60-66(71)72-61-57-53-49-45-41-38-35-32-29-27-25-23-21-19-17-18-20-22-24-26-28-31-33-36-39-43-47-51-55-59-65(70)67-63(62-68)64(69)58-54-50-46-42-12-10-8-6-4-2/h11,13,15-17,19,63-64,68-69H,3-10,12,14,18,20-62H2,1-2H3,(H,67,70)/b13-11-,16-15-,19-17-. The molecule has 3 N–H and O–H groups in total. The predicted molar refractivity (Wildman–Crippen MR) is 315 cm³/mol. The SMILES string of the molecule is CCCCC/C=C\C/C=C\CCCCCCCCCC(=O)OCCCCCCCCCCCCCC/C=C\CCCCCCCCCCCCCCCC(=O)NC(CO)C(O)CCCCCCCCCCC. The molecule has 0 aliphatic rings. The molecule has 6 heteroatoms. The van der Waals surface area contributed by atoms with Crippen molar-refractivity contribution in [1.29, 1.82) is 0 Å². The fraction of sp³-hybridized carbons (Fsp3) is 0.879. The van der Waals surface area contributed by atoms with E-state index >= 15 is 0 Å². The van der Waals surface area contributed by atoms with Gasteiger partial charge in [0.25, 0.3) is 0 Å². The molecule has 1 amide bonds. The minimum atomic E-state index is -0.661. The van der Waals surface area contributed by atoms with Gasteiger partial charge in [-0.1, -0.05) is 288 Å². The van der Waals surface area contributed by atoms with Crippen LogP contribution in [0.3, 0.4) is 0 Å². The van der Waals surface area contributed by atoms with Gasteiger partial charge in [-0.25, -0.2) is 0 Å². The van der Waals surface area contributed by atoms with Gasteiger partial charge in [-0.15, -0.1) is 0 Å². The smallest absolute Gasteiger partial charge is 0.305 e. The molecule has 0 aliphatic heterocycles. The average Bonchev–Trinajstić information content (AvgIpc) is 3.38. The first-order valence-corrected chi connectivity index (χ1v) is 32.2. The topological polar surface area (TPSA) is 95.9 Å². The maximum absolute atomic E-state index is 12.4. The molecule has 6 nitrogen and oxygen atoms in total. The molecule has 72 heavy (non-hydrogen) atoms. The first-order valence-electron chi connectivity index (χ1n) is 32.2. The monoisotopic (exact) mass is 1010 g/mol. The maximum atomic E-state index is 12.4. The summed E-state index contributed by atoms with van der Waals surface area (Å²) in [4.78, 5) is 24.5. The molecule has 2 unspecified atom stereocenters. The fourth-order valence-electron chi connectivity index (χ4n) is 9.96. The van der Waals surface area contributed by atoms with Crippen molar-refractivity contribution in [2.24, 2.45) is 0 Å². The number of unbranched alkanes of at least 4 members (excludes halogenated alkanes) is 43. The normalized spacial score (nSPS) is 12.8. The Balaban J connectivity index is 3.34. The number of hydrogen-bond acceptors (Lipinski definition) is 5. The molecule has 0 bridgehead atoms. The molecule has 0 aromatic rings. The van der Waals surface area contributed by atoms with Gasteiger partial charge in [-0.2, -0.15) is 0 Å². The number of aliphatic hydroxyl groups excluding tert-OH is 2. The summed E-state index contributed by atoms with van der Waals surface area (Å²) in [5.74, 6) is -0.0271. The van der Waals surface area contributed by atoms with Gasteiger partial charge in [-0.05, 0) is 83.5 Å². The minimum absolute atomic E-state index is 0.00868. The quantitative estimate of drug-likeness (QED) is 0.0320. The van der Waals surface area contributed by atoms with Crippen molar-refractivity contribution < 1.29 is 24.5 Å². The largest absolute Gasteiger partial charge is 0.466 e. The number of rotatable bonds is 60. The first-order chi connectivity index (χ1) is 35.5. The fourth-order valence-corrected chi connectivity index (χ4v) is 9.96. The van der Waals surface area contributed by atoms with E-state index in [1.165, 1.54) is 263 Å². The summed E-state index contributed by atoms with van der Waals surface area (Å²) < 4.78 is 5.49. The third-order valence-electron chi connectivity index (χ3n) is 14.9. The molecule has 0 saturated carbocycles. The van der Waals surface area contributed by atoms with Crippen molar-refractivity contribution in [2.45, 2.75) is 360 Å². The Morgan fingerprint density at radius 3 is 1.10 bits per heavy atom. The van der Waals surface area contributed by atoms with E-state index in [2.05, 4.69) is 55.6 Å². The molecular weight excluding hydrogens is 887 g/mol. The molecule has 0 fully saturated rings. The van der Waals surface area contributed by atoms with Crippen LogP contribution >= 0.6 is 0 Å². The van der Waals surface area contributed by atoms with E-state index < -0.39 is 12.1 Å². The number of allylic oxidation sites excluding steroid dienone is 6. The van der Waals surface area contributed by atoms with Crippen molar-refractivity contribution >= 4 is 11.9 Å². The molecule has 0 heterocycles. The van der Waals surface area contributed by atoms with E-state index in [4.69, 9.17) is 4.74 Å². The Morgan fingerprint density at radius 1 is 0.389 bits per heavy atom. The van der Waals surface area contributed by atoms with Crippen LogP contribution in [0.2, 0.25) is 0 Å². The Labute approximate surface area is 449 Å². The lowest BCUT2D eigenvalue weighted by Gasteiger charge is -2.22. The molecule has 0 spiro atoms. The van der Waals surface area contributed by atoms with Gasteiger partial charge in [-0.3, -0.25) is 9.59 Å². The number of hydrogen-bond donors (Lipinski definition) is 3. The first kappa shape index (κ1) is 70.1. The van der Waals surface area contributed by atoms with Crippen LogP contribution < -0.4 is 5.32 Å².